The third-order valence-corrected chi connectivity index (χ3v) is 4.90. The summed E-state index contributed by atoms with van der Waals surface area (Å²) in [7, 11) is 0. The molecule has 2 aliphatic heterocycles. The minimum Gasteiger partial charge on any atom is -0.475 e. The Kier molecular flexibility index (Phi) is 4.74. The predicted octanol–water partition coefficient (Wildman–Crippen LogP) is 2.45. The van der Waals surface area contributed by atoms with E-state index in [1.165, 1.54) is 24.3 Å². The number of nitrogens with zero attached hydrogens (tertiary/aromatic N) is 2. The number of nitrogens with two attached hydrogens (primary N) is 1. The first kappa shape index (κ1) is 17.0. The minimum atomic E-state index is -0.472. The van der Waals surface area contributed by atoms with Crippen molar-refractivity contribution in [2.75, 3.05) is 19.7 Å². The van der Waals surface area contributed by atoms with Gasteiger partial charge in [0.2, 0.25) is 0 Å². The third kappa shape index (κ3) is 3.65. The number of amides is 1. The lowest BCUT2D eigenvalue weighted by Gasteiger charge is -2.37. The standard InChI is InChI=1S/C18H21N3O4/c1-12-11-25-17(19)10-16(12)13-6-8-20(9-7-13)18(22)14-2-4-15(5-3-14)21(23)24/h2-5,10,13,16H,1,6-9,11,19H2. The van der Waals surface area contributed by atoms with Gasteiger partial charge >= 0.3 is 0 Å². The molecule has 0 bridgehead atoms. The summed E-state index contributed by atoms with van der Waals surface area (Å²) < 4.78 is 5.28. The smallest absolute Gasteiger partial charge is 0.269 e. The monoisotopic (exact) mass is 343 g/mol. The van der Waals surface area contributed by atoms with Gasteiger partial charge in [0.15, 0.2) is 5.88 Å². The van der Waals surface area contributed by atoms with Crippen LogP contribution < -0.4 is 5.73 Å². The molecule has 1 aromatic carbocycles. The van der Waals surface area contributed by atoms with E-state index < -0.39 is 4.92 Å². The van der Waals surface area contributed by atoms with Crippen LogP contribution in [0.5, 0.6) is 0 Å². The molecule has 1 unspecified atom stereocenters. The van der Waals surface area contributed by atoms with Gasteiger partial charge in [0.05, 0.1) is 4.92 Å². The molecule has 3 rings (SSSR count). The van der Waals surface area contributed by atoms with Gasteiger partial charge in [-0.3, -0.25) is 14.9 Å². The van der Waals surface area contributed by atoms with Gasteiger partial charge in [-0.25, -0.2) is 0 Å². The average Bonchev–Trinajstić information content (AvgIpc) is 2.63. The number of hydrogen-bond acceptors (Lipinski definition) is 5. The van der Waals surface area contributed by atoms with Gasteiger partial charge in [-0.15, -0.1) is 0 Å². The molecule has 132 valence electrons. The van der Waals surface area contributed by atoms with E-state index in [1.54, 1.807) is 4.90 Å². The summed E-state index contributed by atoms with van der Waals surface area (Å²) in [6.07, 6.45) is 3.66. The molecule has 2 aliphatic rings. The highest BCUT2D eigenvalue weighted by molar-refractivity contribution is 5.94. The van der Waals surface area contributed by atoms with Crippen LogP contribution in [0.3, 0.4) is 0 Å². The van der Waals surface area contributed by atoms with Crippen molar-refractivity contribution < 1.29 is 14.5 Å². The highest BCUT2D eigenvalue weighted by Crippen LogP contribution is 2.33. The number of benzene rings is 1. The predicted molar refractivity (Wildman–Crippen MR) is 92.6 cm³/mol. The van der Waals surface area contributed by atoms with Crippen LogP contribution in [0.1, 0.15) is 23.2 Å². The quantitative estimate of drug-likeness (QED) is 0.516. The molecule has 0 aromatic heterocycles. The number of carbonyl (C=O) groups is 1. The summed E-state index contributed by atoms with van der Waals surface area (Å²) in [4.78, 5) is 24.6. The van der Waals surface area contributed by atoms with Gasteiger partial charge in [-0.05, 0) is 42.5 Å². The maximum atomic E-state index is 12.6. The lowest BCUT2D eigenvalue weighted by molar-refractivity contribution is -0.384. The minimum absolute atomic E-state index is 0.0161. The van der Waals surface area contributed by atoms with Crippen molar-refractivity contribution >= 4 is 11.6 Å². The molecule has 0 spiro atoms. The van der Waals surface area contributed by atoms with Crippen molar-refractivity contribution in [1.82, 2.24) is 4.90 Å². The van der Waals surface area contributed by atoms with E-state index in [0.717, 1.165) is 18.4 Å². The maximum absolute atomic E-state index is 12.6. The number of nitro benzene ring substituents is 1. The second-order valence-electron chi connectivity index (χ2n) is 6.48. The van der Waals surface area contributed by atoms with E-state index in [0.29, 0.717) is 37.1 Å². The van der Waals surface area contributed by atoms with E-state index in [1.807, 2.05) is 6.08 Å². The molecule has 2 heterocycles. The number of carbonyl (C=O) groups excluding carboxylic acids is 1. The number of rotatable bonds is 3. The highest BCUT2D eigenvalue weighted by Gasteiger charge is 2.31. The summed E-state index contributed by atoms with van der Waals surface area (Å²) in [6.45, 7) is 5.83. The van der Waals surface area contributed by atoms with Gasteiger partial charge in [0.25, 0.3) is 11.6 Å². The molecule has 7 nitrogen and oxygen atoms in total. The first-order valence-corrected chi connectivity index (χ1v) is 8.27. The van der Waals surface area contributed by atoms with Crippen molar-refractivity contribution in [3.63, 3.8) is 0 Å². The Labute approximate surface area is 145 Å². The van der Waals surface area contributed by atoms with Crippen LogP contribution in [-0.4, -0.2) is 35.4 Å². The van der Waals surface area contributed by atoms with Crippen molar-refractivity contribution in [3.8, 4) is 0 Å². The zero-order valence-electron chi connectivity index (χ0n) is 13.9. The normalized spacial score (nSPS) is 21.4. The van der Waals surface area contributed by atoms with E-state index in [4.69, 9.17) is 10.5 Å². The Morgan fingerprint density at radius 1 is 1.28 bits per heavy atom. The van der Waals surface area contributed by atoms with Crippen LogP contribution in [0.15, 0.2) is 48.4 Å². The summed E-state index contributed by atoms with van der Waals surface area (Å²) in [5.74, 6) is 0.956. The van der Waals surface area contributed by atoms with Crippen LogP contribution in [-0.2, 0) is 4.74 Å². The molecular formula is C18H21N3O4. The fourth-order valence-corrected chi connectivity index (χ4v) is 3.45. The van der Waals surface area contributed by atoms with Crippen LogP contribution >= 0.6 is 0 Å². The number of likely N-dealkylation sites (tertiary alicyclic amines) is 1. The number of non-ortho nitro benzene ring substituents is 1. The second kappa shape index (κ2) is 6.96. The lowest BCUT2D eigenvalue weighted by atomic mass is 9.79. The zero-order valence-corrected chi connectivity index (χ0v) is 13.9. The fraction of sp³-hybridized carbons (Fsp3) is 0.389. The Morgan fingerprint density at radius 3 is 2.52 bits per heavy atom. The number of piperidine rings is 1. The Morgan fingerprint density at radius 2 is 1.92 bits per heavy atom. The molecule has 1 fully saturated rings. The number of nitro groups is 1. The van der Waals surface area contributed by atoms with Gasteiger partial charge in [-0.1, -0.05) is 6.58 Å². The van der Waals surface area contributed by atoms with E-state index in [9.17, 15) is 14.9 Å². The van der Waals surface area contributed by atoms with Crippen LogP contribution in [0.4, 0.5) is 5.69 Å². The molecule has 2 N–H and O–H groups in total. The van der Waals surface area contributed by atoms with Crippen LogP contribution in [0.25, 0.3) is 0 Å². The first-order valence-electron chi connectivity index (χ1n) is 8.27. The SMILES string of the molecule is C=C1COC(N)=CC1C1CCN(C(=O)c2ccc([N+](=O)[O-])cc2)CC1. The zero-order chi connectivity index (χ0) is 18.0. The fourth-order valence-electron chi connectivity index (χ4n) is 3.45. The van der Waals surface area contributed by atoms with Gasteiger partial charge in [0.1, 0.15) is 6.61 Å². The molecule has 0 radical (unpaired) electrons. The Hall–Kier alpha value is -2.83. The molecule has 0 aliphatic carbocycles. The Bertz CT molecular complexity index is 718. The van der Waals surface area contributed by atoms with Crippen molar-refractivity contribution in [2.45, 2.75) is 12.8 Å². The molecule has 0 saturated carbocycles. The summed E-state index contributed by atoms with van der Waals surface area (Å²) in [5, 5.41) is 10.7. The average molecular weight is 343 g/mol. The van der Waals surface area contributed by atoms with Crippen LogP contribution in [0, 0.1) is 22.0 Å². The number of allylic oxidation sites excluding steroid dienone is 1. The molecular weight excluding hydrogens is 322 g/mol. The largest absolute Gasteiger partial charge is 0.475 e. The van der Waals surface area contributed by atoms with Crippen molar-refractivity contribution in [2.24, 2.45) is 17.6 Å². The van der Waals surface area contributed by atoms with E-state index in [2.05, 4.69) is 6.58 Å². The first-order chi connectivity index (χ1) is 12.0. The Balaban J connectivity index is 1.62. The molecule has 7 heteroatoms. The summed E-state index contributed by atoms with van der Waals surface area (Å²) >= 11 is 0. The highest BCUT2D eigenvalue weighted by atomic mass is 16.6. The molecule has 25 heavy (non-hydrogen) atoms. The summed E-state index contributed by atoms with van der Waals surface area (Å²) in [6, 6.07) is 5.74. The molecule has 1 atom stereocenters. The molecule has 1 amide bonds. The maximum Gasteiger partial charge on any atom is 0.269 e. The number of hydrogen-bond donors (Lipinski definition) is 1. The van der Waals surface area contributed by atoms with E-state index in [-0.39, 0.29) is 17.5 Å². The lowest BCUT2D eigenvalue weighted by Crippen LogP contribution is -2.40. The topological polar surface area (TPSA) is 98.7 Å². The van der Waals surface area contributed by atoms with Crippen LogP contribution in [0.2, 0.25) is 0 Å². The van der Waals surface area contributed by atoms with Crippen molar-refractivity contribution in [1.29, 1.82) is 0 Å². The van der Waals surface area contributed by atoms with Gasteiger partial charge < -0.3 is 15.4 Å². The molecule has 1 aromatic rings. The van der Waals surface area contributed by atoms with Gasteiger partial charge in [0, 0.05) is 36.7 Å². The van der Waals surface area contributed by atoms with E-state index >= 15 is 0 Å². The second-order valence-corrected chi connectivity index (χ2v) is 6.48. The summed E-state index contributed by atoms with van der Waals surface area (Å²) in [5.41, 5.74) is 7.25. The third-order valence-electron chi connectivity index (χ3n) is 4.90. The number of ether oxygens (including phenoxy) is 1. The van der Waals surface area contributed by atoms with Gasteiger partial charge in [-0.2, -0.15) is 0 Å². The molecule has 1 saturated heterocycles. The van der Waals surface area contributed by atoms with Crippen molar-refractivity contribution in [3.05, 3.63) is 64.1 Å².